The lowest BCUT2D eigenvalue weighted by Crippen LogP contribution is -2.25. The monoisotopic (exact) mass is 441 g/mol. The number of aryl methyl sites for hydroxylation is 1. The molecule has 0 saturated carbocycles. The zero-order valence-electron chi connectivity index (χ0n) is 18.4. The number of nitrogens with zero attached hydrogens (tertiary/aromatic N) is 4. The minimum Gasteiger partial charge on any atom is -0.493 e. The molecule has 1 atom stereocenters. The van der Waals surface area contributed by atoms with Crippen LogP contribution in [0.15, 0.2) is 67.0 Å². The van der Waals surface area contributed by atoms with E-state index in [2.05, 4.69) is 20.4 Å². The largest absolute Gasteiger partial charge is 0.493 e. The Morgan fingerprint density at radius 2 is 1.85 bits per heavy atom. The van der Waals surface area contributed by atoms with Crippen LogP contribution in [0.1, 0.15) is 34.7 Å². The number of ether oxygens (including phenoxy) is 2. The van der Waals surface area contributed by atoms with Gasteiger partial charge in [-0.3, -0.25) is 4.79 Å². The number of methoxy groups -OCH3 is 1. The molecule has 3 heterocycles. The first-order valence-corrected chi connectivity index (χ1v) is 10.7. The molecule has 33 heavy (non-hydrogen) atoms. The van der Waals surface area contributed by atoms with Crippen molar-refractivity contribution in [3.05, 3.63) is 89.4 Å². The molecule has 8 heteroatoms. The van der Waals surface area contributed by atoms with Gasteiger partial charge in [-0.25, -0.2) is 9.97 Å². The summed E-state index contributed by atoms with van der Waals surface area (Å²) in [5, 5.41) is 7.57. The quantitative estimate of drug-likeness (QED) is 0.486. The Bertz CT molecular complexity index is 1290. The molecule has 4 aromatic rings. The highest BCUT2D eigenvalue weighted by atomic mass is 16.5. The molecule has 2 aromatic heterocycles. The van der Waals surface area contributed by atoms with Gasteiger partial charge in [-0.05, 0) is 36.2 Å². The molecule has 0 spiro atoms. The molecule has 5 rings (SSSR count). The topological polar surface area (TPSA) is 91.2 Å². The summed E-state index contributed by atoms with van der Waals surface area (Å²) >= 11 is 0. The van der Waals surface area contributed by atoms with Gasteiger partial charge >= 0.3 is 0 Å². The third kappa shape index (κ3) is 4.03. The number of carbonyl (C=O) groups is 1. The van der Waals surface area contributed by atoms with Gasteiger partial charge in [-0.2, -0.15) is 9.78 Å². The normalized spacial score (nSPS) is 15.0. The van der Waals surface area contributed by atoms with Crippen molar-refractivity contribution in [1.82, 2.24) is 19.7 Å². The number of aromatic nitrogens is 4. The molecular formula is C25H23N5O3. The Balaban J connectivity index is 1.49. The van der Waals surface area contributed by atoms with Crippen molar-refractivity contribution >= 4 is 11.7 Å². The molecule has 0 radical (unpaired) electrons. The number of nitrogens with one attached hydrogen (secondary N) is 1. The van der Waals surface area contributed by atoms with E-state index in [1.54, 1.807) is 30.3 Å². The number of hydrogen-bond acceptors (Lipinski definition) is 6. The average Bonchev–Trinajstić information content (AvgIpc) is 3.19. The highest BCUT2D eigenvalue weighted by Crippen LogP contribution is 2.42. The lowest BCUT2D eigenvalue weighted by Gasteiger charge is -2.25. The minimum absolute atomic E-state index is 0.0899. The summed E-state index contributed by atoms with van der Waals surface area (Å²) in [5.41, 5.74) is 3.78. The maximum Gasteiger partial charge on any atom is 0.252 e. The summed E-state index contributed by atoms with van der Waals surface area (Å²) in [4.78, 5) is 21.2. The zero-order chi connectivity index (χ0) is 22.8. The van der Waals surface area contributed by atoms with Crippen molar-refractivity contribution in [2.75, 3.05) is 12.4 Å². The van der Waals surface area contributed by atoms with Crippen LogP contribution in [0.3, 0.4) is 0 Å². The molecule has 166 valence electrons. The fraction of sp³-hybridized carbons (Fsp3) is 0.200. The van der Waals surface area contributed by atoms with E-state index in [0.29, 0.717) is 36.3 Å². The molecule has 0 fully saturated rings. The van der Waals surface area contributed by atoms with Gasteiger partial charge in [-0.1, -0.05) is 36.4 Å². The molecule has 0 bridgehead atoms. The van der Waals surface area contributed by atoms with E-state index in [1.807, 2.05) is 55.5 Å². The Kier molecular flexibility index (Phi) is 5.48. The Hall–Kier alpha value is -4.20. The standard InChI is InChI=1S/C25H23N5O3/c1-16-23-19(14-22(31)28-24(23)30(29-16)25-26-11-6-12-27-25)18-9-10-20(21(13-18)32-2)33-15-17-7-4-3-5-8-17/h3-13,19H,14-15H2,1-2H3,(H,28,31). The number of rotatable bonds is 6. The van der Waals surface area contributed by atoms with Crippen molar-refractivity contribution in [3.63, 3.8) is 0 Å². The first-order chi connectivity index (χ1) is 16.1. The van der Waals surface area contributed by atoms with E-state index >= 15 is 0 Å². The summed E-state index contributed by atoms with van der Waals surface area (Å²) in [6.45, 7) is 2.37. The lowest BCUT2D eigenvalue weighted by atomic mass is 9.85. The molecule has 8 nitrogen and oxygen atoms in total. The maximum absolute atomic E-state index is 12.6. The maximum atomic E-state index is 12.6. The summed E-state index contributed by atoms with van der Waals surface area (Å²) < 4.78 is 13.2. The number of benzene rings is 2. The zero-order valence-corrected chi connectivity index (χ0v) is 18.4. The van der Waals surface area contributed by atoms with Crippen LogP contribution < -0.4 is 14.8 Å². The first-order valence-electron chi connectivity index (χ1n) is 10.7. The smallest absolute Gasteiger partial charge is 0.252 e. The van der Waals surface area contributed by atoms with Gasteiger partial charge in [0.25, 0.3) is 5.95 Å². The summed E-state index contributed by atoms with van der Waals surface area (Å²) in [6.07, 6.45) is 3.60. The van der Waals surface area contributed by atoms with Crippen molar-refractivity contribution in [1.29, 1.82) is 0 Å². The van der Waals surface area contributed by atoms with E-state index in [1.165, 1.54) is 0 Å². The fourth-order valence-corrected chi connectivity index (χ4v) is 4.13. The second-order valence-corrected chi connectivity index (χ2v) is 7.80. The number of amides is 1. The summed E-state index contributed by atoms with van der Waals surface area (Å²) in [5.74, 6) is 2.01. The van der Waals surface area contributed by atoms with E-state index in [9.17, 15) is 4.79 Å². The van der Waals surface area contributed by atoms with Crippen LogP contribution >= 0.6 is 0 Å². The van der Waals surface area contributed by atoms with Crippen LogP contribution in [0.2, 0.25) is 0 Å². The fourth-order valence-electron chi connectivity index (χ4n) is 4.13. The van der Waals surface area contributed by atoms with Crippen molar-refractivity contribution in [2.24, 2.45) is 0 Å². The SMILES string of the molecule is COc1cc(C2CC(=O)Nc3c2c(C)nn3-c2ncccn2)ccc1OCc1ccccc1. The van der Waals surface area contributed by atoms with Gasteiger partial charge in [0.1, 0.15) is 12.4 Å². The van der Waals surface area contributed by atoms with Gasteiger partial charge in [-0.15, -0.1) is 0 Å². The molecule has 1 unspecified atom stereocenters. The Morgan fingerprint density at radius 1 is 1.06 bits per heavy atom. The van der Waals surface area contributed by atoms with E-state index in [0.717, 1.165) is 22.4 Å². The molecule has 1 aliphatic rings. The number of anilines is 1. The molecule has 1 aliphatic heterocycles. The Morgan fingerprint density at radius 3 is 2.61 bits per heavy atom. The summed E-state index contributed by atoms with van der Waals surface area (Å²) in [7, 11) is 1.61. The van der Waals surface area contributed by atoms with Crippen molar-refractivity contribution in [3.8, 4) is 17.4 Å². The molecule has 1 N–H and O–H groups in total. The third-order valence-corrected chi connectivity index (χ3v) is 5.67. The first kappa shape index (κ1) is 20.7. The third-order valence-electron chi connectivity index (χ3n) is 5.67. The number of hydrogen-bond donors (Lipinski definition) is 1. The van der Waals surface area contributed by atoms with Gasteiger partial charge in [0.15, 0.2) is 11.5 Å². The second kappa shape index (κ2) is 8.74. The molecule has 2 aromatic carbocycles. The Labute approximate surface area is 191 Å². The van der Waals surface area contributed by atoms with E-state index < -0.39 is 0 Å². The second-order valence-electron chi connectivity index (χ2n) is 7.80. The van der Waals surface area contributed by atoms with Crippen LogP contribution in [-0.2, 0) is 11.4 Å². The van der Waals surface area contributed by atoms with Gasteiger partial charge in [0.2, 0.25) is 5.91 Å². The van der Waals surface area contributed by atoms with Crippen LogP contribution in [0.25, 0.3) is 5.95 Å². The molecule has 0 aliphatic carbocycles. The minimum atomic E-state index is -0.178. The average molecular weight is 441 g/mol. The van der Waals surface area contributed by atoms with Crippen LogP contribution in [0.4, 0.5) is 5.82 Å². The summed E-state index contributed by atoms with van der Waals surface area (Å²) in [6, 6.07) is 17.5. The van der Waals surface area contributed by atoms with Gasteiger partial charge < -0.3 is 14.8 Å². The van der Waals surface area contributed by atoms with Crippen molar-refractivity contribution in [2.45, 2.75) is 25.9 Å². The van der Waals surface area contributed by atoms with Crippen LogP contribution in [0, 0.1) is 6.92 Å². The van der Waals surface area contributed by atoms with Crippen LogP contribution in [-0.4, -0.2) is 32.8 Å². The predicted octanol–water partition coefficient (Wildman–Crippen LogP) is 4.03. The highest BCUT2D eigenvalue weighted by molar-refractivity contribution is 5.95. The predicted molar refractivity (Wildman–Crippen MR) is 123 cm³/mol. The van der Waals surface area contributed by atoms with Gasteiger partial charge in [0, 0.05) is 30.3 Å². The number of carbonyl (C=O) groups excluding carboxylic acids is 1. The van der Waals surface area contributed by atoms with E-state index in [-0.39, 0.29) is 11.8 Å². The lowest BCUT2D eigenvalue weighted by molar-refractivity contribution is -0.116. The number of fused-ring (bicyclic) bond motifs is 1. The molecule has 1 amide bonds. The van der Waals surface area contributed by atoms with E-state index in [4.69, 9.17) is 9.47 Å². The van der Waals surface area contributed by atoms with Crippen molar-refractivity contribution < 1.29 is 14.3 Å². The van der Waals surface area contributed by atoms with Gasteiger partial charge in [0.05, 0.1) is 12.8 Å². The molecular weight excluding hydrogens is 418 g/mol. The van der Waals surface area contributed by atoms with Crippen LogP contribution in [0.5, 0.6) is 11.5 Å². The highest BCUT2D eigenvalue weighted by Gasteiger charge is 2.33. The molecule has 0 saturated heterocycles.